The predicted octanol–water partition coefficient (Wildman–Crippen LogP) is 4.89. The molecule has 0 fully saturated rings. The van der Waals surface area contributed by atoms with Crippen LogP contribution >= 0.6 is 0 Å². The van der Waals surface area contributed by atoms with Gasteiger partial charge in [0.2, 0.25) is 5.91 Å². The highest BCUT2D eigenvalue weighted by molar-refractivity contribution is 5.93. The van der Waals surface area contributed by atoms with Gasteiger partial charge in [0.15, 0.2) is 11.7 Å². The Morgan fingerprint density at radius 2 is 1.85 bits per heavy atom. The second-order valence-electron chi connectivity index (χ2n) is 7.30. The number of benzene rings is 2. The van der Waals surface area contributed by atoms with Gasteiger partial charge in [0.05, 0.1) is 38.2 Å². The molecule has 0 unspecified atom stereocenters. The van der Waals surface area contributed by atoms with Crippen molar-refractivity contribution in [2.75, 3.05) is 26.1 Å². The minimum atomic E-state index is -0.366. The number of esters is 1. The number of nitrogens with one attached hydrogen (secondary N) is 1. The Labute approximate surface area is 192 Å². The van der Waals surface area contributed by atoms with Crippen molar-refractivity contribution in [2.45, 2.75) is 32.6 Å². The Morgan fingerprint density at radius 3 is 2.55 bits per heavy atom. The maximum Gasteiger partial charge on any atom is 0.338 e. The van der Waals surface area contributed by atoms with Crippen LogP contribution in [0.1, 0.15) is 42.4 Å². The molecule has 0 spiro atoms. The average Bonchev–Trinajstić information content (AvgIpc) is 3.31. The number of aryl methyl sites for hydroxylation is 1. The molecule has 33 heavy (non-hydrogen) atoms. The molecule has 8 nitrogen and oxygen atoms in total. The Morgan fingerprint density at radius 1 is 1.06 bits per heavy atom. The first-order valence-electron chi connectivity index (χ1n) is 10.8. The van der Waals surface area contributed by atoms with Crippen molar-refractivity contribution in [3.8, 4) is 22.8 Å². The molecule has 1 aromatic heterocycles. The number of amides is 1. The van der Waals surface area contributed by atoms with Gasteiger partial charge in [0.25, 0.3) is 0 Å². The van der Waals surface area contributed by atoms with Crippen molar-refractivity contribution in [3.05, 3.63) is 60.1 Å². The van der Waals surface area contributed by atoms with Crippen molar-refractivity contribution in [3.63, 3.8) is 0 Å². The molecular weight excluding hydrogens is 424 g/mol. The fourth-order valence-corrected chi connectivity index (χ4v) is 3.08. The normalized spacial score (nSPS) is 10.5. The lowest BCUT2D eigenvalue weighted by Crippen LogP contribution is -2.12. The van der Waals surface area contributed by atoms with E-state index in [-0.39, 0.29) is 18.3 Å². The Kier molecular flexibility index (Phi) is 8.46. The minimum Gasteiger partial charge on any atom is -0.497 e. The summed E-state index contributed by atoms with van der Waals surface area (Å²) in [6, 6.07) is 12.0. The summed E-state index contributed by atoms with van der Waals surface area (Å²) in [4.78, 5) is 28.5. The van der Waals surface area contributed by atoms with E-state index in [1.165, 1.54) is 0 Å². The molecule has 0 aliphatic rings. The Balaban J connectivity index is 1.53. The van der Waals surface area contributed by atoms with Crippen LogP contribution in [0.5, 0.6) is 11.5 Å². The number of carbonyl (C=O) groups is 2. The van der Waals surface area contributed by atoms with Crippen LogP contribution in [0.25, 0.3) is 11.3 Å². The van der Waals surface area contributed by atoms with Crippen LogP contribution in [0.3, 0.4) is 0 Å². The van der Waals surface area contributed by atoms with E-state index in [1.54, 1.807) is 50.7 Å². The van der Waals surface area contributed by atoms with Crippen LogP contribution < -0.4 is 14.8 Å². The monoisotopic (exact) mass is 452 g/mol. The molecule has 0 atom stereocenters. The van der Waals surface area contributed by atoms with Crippen molar-refractivity contribution >= 4 is 17.6 Å². The number of anilines is 1. The second kappa shape index (κ2) is 11.7. The third kappa shape index (κ3) is 6.58. The first-order chi connectivity index (χ1) is 16.0. The van der Waals surface area contributed by atoms with Gasteiger partial charge in [-0.3, -0.25) is 4.79 Å². The molecular formula is C25H28N2O6. The molecule has 1 heterocycles. The molecule has 8 heteroatoms. The van der Waals surface area contributed by atoms with Gasteiger partial charge >= 0.3 is 5.97 Å². The van der Waals surface area contributed by atoms with Gasteiger partial charge in [-0.05, 0) is 42.8 Å². The quantitative estimate of drug-likeness (QED) is 0.327. The van der Waals surface area contributed by atoms with Crippen LogP contribution in [0.15, 0.2) is 53.1 Å². The smallest absolute Gasteiger partial charge is 0.338 e. The van der Waals surface area contributed by atoms with E-state index in [9.17, 15) is 9.59 Å². The average molecular weight is 453 g/mol. The maximum absolute atomic E-state index is 12.3. The topological polar surface area (TPSA) is 99.9 Å². The first kappa shape index (κ1) is 23.8. The fraction of sp³-hybridized carbons (Fsp3) is 0.320. The third-order valence-corrected chi connectivity index (χ3v) is 4.93. The largest absolute Gasteiger partial charge is 0.497 e. The number of methoxy groups -OCH3 is 2. The second-order valence-corrected chi connectivity index (χ2v) is 7.30. The van der Waals surface area contributed by atoms with E-state index in [4.69, 9.17) is 18.6 Å². The molecule has 0 saturated carbocycles. The van der Waals surface area contributed by atoms with Gasteiger partial charge < -0.3 is 23.9 Å². The van der Waals surface area contributed by atoms with Crippen molar-refractivity contribution in [1.82, 2.24) is 4.98 Å². The van der Waals surface area contributed by atoms with Crippen LogP contribution in [0, 0.1) is 0 Å². The predicted molar refractivity (Wildman–Crippen MR) is 124 cm³/mol. The summed E-state index contributed by atoms with van der Waals surface area (Å²) in [5.74, 6) is 1.72. The number of carbonyl (C=O) groups excluding carboxylic acids is 2. The minimum absolute atomic E-state index is 0.185. The number of rotatable bonds is 11. The Bertz CT molecular complexity index is 1070. The number of hydrogen-bond acceptors (Lipinski definition) is 7. The summed E-state index contributed by atoms with van der Waals surface area (Å²) < 4.78 is 21.6. The Hall–Kier alpha value is -3.81. The summed E-state index contributed by atoms with van der Waals surface area (Å²) in [5.41, 5.74) is 1.79. The molecule has 0 radical (unpaired) electrons. The summed E-state index contributed by atoms with van der Waals surface area (Å²) >= 11 is 0. The zero-order valence-electron chi connectivity index (χ0n) is 19.1. The molecule has 3 rings (SSSR count). The zero-order chi connectivity index (χ0) is 23.6. The van der Waals surface area contributed by atoms with Crippen molar-refractivity contribution in [1.29, 1.82) is 0 Å². The van der Waals surface area contributed by atoms with E-state index < -0.39 is 0 Å². The van der Waals surface area contributed by atoms with Gasteiger partial charge in [-0.2, -0.15) is 0 Å². The number of aromatic nitrogens is 1. The molecule has 0 bridgehead atoms. The van der Waals surface area contributed by atoms with Gasteiger partial charge in [0, 0.05) is 24.6 Å². The number of oxazole rings is 1. The fourth-order valence-electron chi connectivity index (χ4n) is 3.08. The molecule has 174 valence electrons. The number of nitrogens with zero attached hydrogens (tertiary/aromatic N) is 1. The summed E-state index contributed by atoms with van der Waals surface area (Å²) in [6.07, 6.45) is 3.94. The number of unbranched alkanes of at least 4 members (excludes halogenated alkanes) is 1. The molecule has 0 saturated heterocycles. The lowest BCUT2D eigenvalue weighted by atomic mass is 10.1. The number of ether oxygens (including phenoxy) is 3. The van der Waals surface area contributed by atoms with E-state index >= 15 is 0 Å². The van der Waals surface area contributed by atoms with E-state index in [0.717, 1.165) is 18.4 Å². The van der Waals surface area contributed by atoms with Crippen LogP contribution in [-0.2, 0) is 16.0 Å². The van der Waals surface area contributed by atoms with Crippen LogP contribution in [0.2, 0.25) is 0 Å². The molecule has 2 aromatic carbocycles. The highest BCUT2D eigenvalue weighted by Crippen LogP contribution is 2.33. The van der Waals surface area contributed by atoms with Gasteiger partial charge in [0.1, 0.15) is 11.5 Å². The molecule has 0 aliphatic carbocycles. The van der Waals surface area contributed by atoms with Gasteiger partial charge in [-0.1, -0.05) is 13.3 Å². The SMILES string of the molecule is CCCCOC(=O)c1ccc(NC(=O)CCc2ncc(-c3ccc(OC)cc3OC)o2)cc1. The summed E-state index contributed by atoms with van der Waals surface area (Å²) in [7, 11) is 3.16. The van der Waals surface area contributed by atoms with E-state index in [1.807, 2.05) is 19.1 Å². The molecule has 1 amide bonds. The lowest BCUT2D eigenvalue weighted by Gasteiger charge is -2.08. The zero-order valence-corrected chi connectivity index (χ0v) is 19.1. The van der Waals surface area contributed by atoms with Crippen molar-refractivity contribution < 1.29 is 28.2 Å². The maximum atomic E-state index is 12.3. The third-order valence-electron chi connectivity index (χ3n) is 4.93. The molecule has 3 aromatic rings. The van der Waals surface area contributed by atoms with Crippen LogP contribution in [-0.4, -0.2) is 37.7 Å². The van der Waals surface area contributed by atoms with Crippen molar-refractivity contribution in [2.24, 2.45) is 0 Å². The molecule has 0 aliphatic heterocycles. The number of hydrogen-bond donors (Lipinski definition) is 1. The first-order valence-corrected chi connectivity index (χ1v) is 10.8. The highest BCUT2D eigenvalue weighted by Gasteiger charge is 2.14. The standard InChI is InChI=1S/C25H28N2O6/c1-4-5-14-32-25(29)17-6-8-18(9-7-17)27-23(28)12-13-24-26-16-22(33-24)20-11-10-19(30-2)15-21(20)31-3/h6-11,15-16H,4-5,12-14H2,1-3H3,(H,27,28). The lowest BCUT2D eigenvalue weighted by molar-refractivity contribution is -0.116. The van der Waals surface area contributed by atoms with Crippen LogP contribution in [0.4, 0.5) is 5.69 Å². The highest BCUT2D eigenvalue weighted by atomic mass is 16.5. The summed E-state index contributed by atoms with van der Waals surface area (Å²) in [6.45, 7) is 2.44. The van der Waals surface area contributed by atoms with E-state index in [0.29, 0.717) is 47.4 Å². The van der Waals surface area contributed by atoms with Gasteiger partial charge in [-0.25, -0.2) is 9.78 Å². The summed E-state index contributed by atoms with van der Waals surface area (Å²) in [5, 5.41) is 2.81. The van der Waals surface area contributed by atoms with Gasteiger partial charge in [-0.15, -0.1) is 0 Å². The molecule has 1 N–H and O–H groups in total. The van der Waals surface area contributed by atoms with E-state index in [2.05, 4.69) is 10.3 Å².